The molecule has 1 aromatic carbocycles. The Hall–Kier alpha value is -1.28. The summed E-state index contributed by atoms with van der Waals surface area (Å²) < 4.78 is 59.1. The molecule has 0 aliphatic heterocycles. The second-order valence-corrected chi connectivity index (χ2v) is 4.63. The Kier molecular flexibility index (Phi) is 3.15. The van der Waals surface area contributed by atoms with Crippen molar-refractivity contribution >= 4 is 15.9 Å². The van der Waals surface area contributed by atoms with Crippen LogP contribution in [0.1, 0.15) is 5.56 Å². The van der Waals surface area contributed by atoms with Gasteiger partial charge in [-0.2, -0.15) is 21.6 Å². The zero-order valence-electron chi connectivity index (χ0n) is 8.19. The molecule has 0 radical (unpaired) electrons. The van der Waals surface area contributed by atoms with Crippen molar-refractivity contribution < 1.29 is 21.6 Å². The molecule has 0 aromatic heterocycles. The summed E-state index contributed by atoms with van der Waals surface area (Å²) in [5.41, 5.74) is -0.783. The number of halogens is 3. The van der Waals surface area contributed by atoms with Gasteiger partial charge in [-0.15, -0.1) is 0 Å². The molecule has 0 atom stereocenters. The highest BCUT2D eigenvalue weighted by atomic mass is 32.2. The summed E-state index contributed by atoms with van der Waals surface area (Å²) in [6, 6.07) is 3.65. The topological polar surface area (TPSA) is 63.4 Å². The fourth-order valence-corrected chi connectivity index (χ4v) is 1.42. The summed E-state index contributed by atoms with van der Waals surface area (Å²) in [5, 5.41) is 4.81. The van der Waals surface area contributed by atoms with Gasteiger partial charge in [-0.3, -0.25) is 4.31 Å². The van der Waals surface area contributed by atoms with Crippen LogP contribution in [0.15, 0.2) is 24.3 Å². The summed E-state index contributed by atoms with van der Waals surface area (Å²) in [5.74, 6) is 0. The van der Waals surface area contributed by atoms with Crippen LogP contribution in [0.5, 0.6) is 0 Å². The van der Waals surface area contributed by atoms with Crippen LogP contribution in [-0.2, 0) is 16.4 Å². The van der Waals surface area contributed by atoms with Crippen LogP contribution in [0, 0.1) is 0 Å². The predicted octanol–water partition coefficient (Wildman–Crippen LogP) is 1.35. The van der Waals surface area contributed by atoms with E-state index in [0.29, 0.717) is 4.31 Å². The summed E-state index contributed by atoms with van der Waals surface area (Å²) in [6.07, 6.45) is -4.45. The largest absolute Gasteiger partial charge is 0.416 e. The van der Waals surface area contributed by atoms with Crippen molar-refractivity contribution in [2.75, 3.05) is 11.4 Å². The lowest BCUT2D eigenvalue weighted by molar-refractivity contribution is -0.137. The van der Waals surface area contributed by atoms with Crippen LogP contribution in [-0.4, -0.2) is 15.5 Å². The van der Waals surface area contributed by atoms with Gasteiger partial charge in [0.15, 0.2) is 0 Å². The maximum absolute atomic E-state index is 12.2. The molecule has 0 fully saturated rings. The van der Waals surface area contributed by atoms with E-state index in [-0.39, 0.29) is 5.69 Å². The van der Waals surface area contributed by atoms with E-state index in [1.807, 2.05) is 0 Å². The molecule has 8 heteroatoms. The van der Waals surface area contributed by atoms with E-state index in [1.54, 1.807) is 0 Å². The summed E-state index contributed by atoms with van der Waals surface area (Å²) >= 11 is 0. The van der Waals surface area contributed by atoms with Crippen LogP contribution < -0.4 is 9.44 Å². The molecule has 0 heterocycles. The zero-order valence-corrected chi connectivity index (χ0v) is 9.01. The Morgan fingerprint density at radius 2 is 1.62 bits per heavy atom. The molecule has 0 amide bonds. The molecule has 1 rings (SSSR count). The van der Waals surface area contributed by atoms with Gasteiger partial charge >= 0.3 is 6.18 Å². The highest BCUT2D eigenvalue weighted by Gasteiger charge is 2.30. The molecule has 0 aliphatic carbocycles. The van der Waals surface area contributed by atoms with E-state index in [0.717, 1.165) is 31.3 Å². The number of anilines is 1. The van der Waals surface area contributed by atoms with Crippen LogP contribution in [0.3, 0.4) is 0 Å². The molecular formula is C8H9F3N2O2S. The van der Waals surface area contributed by atoms with Gasteiger partial charge in [0.25, 0.3) is 10.2 Å². The van der Waals surface area contributed by atoms with Crippen LogP contribution in [0.2, 0.25) is 0 Å². The van der Waals surface area contributed by atoms with Gasteiger partial charge in [-0.1, -0.05) is 0 Å². The fourth-order valence-electron chi connectivity index (χ4n) is 1.01. The van der Waals surface area contributed by atoms with E-state index in [4.69, 9.17) is 5.14 Å². The number of hydrogen-bond acceptors (Lipinski definition) is 2. The molecular weight excluding hydrogens is 245 g/mol. The monoisotopic (exact) mass is 254 g/mol. The third kappa shape index (κ3) is 2.86. The lowest BCUT2D eigenvalue weighted by Gasteiger charge is -2.16. The van der Waals surface area contributed by atoms with Gasteiger partial charge in [0.05, 0.1) is 11.3 Å². The van der Waals surface area contributed by atoms with Gasteiger partial charge in [0.1, 0.15) is 0 Å². The van der Waals surface area contributed by atoms with Crippen molar-refractivity contribution in [2.45, 2.75) is 6.18 Å². The van der Waals surface area contributed by atoms with Gasteiger partial charge in [-0.05, 0) is 24.3 Å². The molecule has 0 spiro atoms. The summed E-state index contributed by atoms with van der Waals surface area (Å²) in [4.78, 5) is 0. The predicted molar refractivity (Wildman–Crippen MR) is 53.0 cm³/mol. The minimum atomic E-state index is -4.45. The lowest BCUT2D eigenvalue weighted by atomic mass is 10.2. The van der Waals surface area contributed by atoms with Gasteiger partial charge in [-0.25, -0.2) is 5.14 Å². The number of nitrogens with two attached hydrogens (primary N) is 1. The number of nitrogens with zero attached hydrogens (tertiary/aromatic N) is 1. The Morgan fingerprint density at radius 3 is 1.94 bits per heavy atom. The maximum atomic E-state index is 12.2. The molecule has 0 aliphatic rings. The number of alkyl halides is 3. The van der Waals surface area contributed by atoms with Crippen molar-refractivity contribution in [3.05, 3.63) is 29.8 Å². The van der Waals surface area contributed by atoms with E-state index >= 15 is 0 Å². The number of hydrogen-bond donors (Lipinski definition) is 1. The van der Waals surface area contributed by atoms with Gasteiger partial charge in [0.2, 0.25) is 0 Å². The second kappa shape index (κ2) is 3.95. The Labute approximate surface area is 90.7 Å². The SMILES string of the molecule is CN(c1ccc(C(F)(F)F)cc1)S(N)(=O)=O. The van der Waals surface area contributed by atoms with Crippen molar-refractivity contribution in [1.82, 2.24) is 0 Å². The van der Waals surface area contributed by atoms with E-state index in [2.05, 4.69) is 0 Å². The Balaban J connectivity index is 3.05. The highest BCUT2D eigenvalue weighted by molar-refractivity contribution is 7.90. The van der Waals surface area contributed by atoms with Crippen molar-refractivity contribution in [3.8, 4) is 0 Å². The lowest BCUT2D eigenvalue weighted by Crippen LogP contribution is -2.33. The molecule has 0 saturated heterocycles. The molecule has 1 aromatic rings. The molecule has 4 nitrogen and oxygen atoms in total. The highest BCUT2D eigenvalue weighted by Crippen LogP contribution is 2.30. The first-order valence-corrected chi connectivity index (χ1v) is 5.56. The average Bonchev–Trinajstić information content (AvgIpc) is 2.14. The molecule has 0 saturated carbocycles. The minimum absolute atomic E-state index is 0.0653. The Morgan fingerprint density at radius 1 is 1.19 bits per heavy atom. The normalized spacial score (nSPS) is 12.6. The van der Waals surface area contributed by atoms with Crippen molar-refractivity contribution in [1.29, 1.82) is 0 Å². The molecule has 2 N–H and O–H groups in total. The first-order chi connectivity index (χ1) is 7.12. The zero-order chi connectivity index (χ0) is 12.6. The quantitative estimate of drug-likeness (QED) is 0.865. The Bertz CT molecular complexity index is 467. The second-order valence-electron chi connectivity index (χ2n) is 3.06. The summed E-state index contributed by atoms with van der Waals surface area (Å²) in [7, 11) is -2.80. The molecule has 90 valence electrons. The standard InChI is InChI=1S/C8H9F3N2O2S/c1-13(16(12,14)15)7-4-2-6(3-5-7)8(9,10)11/h2-5H,1H3,(H2,12,14,15). The average molecular weight is 254 g/mol. The third-order valence-corrected chi connectivity index (χ3v) is 2.91. The first kappa shape index (κ1) is 12.8. The molecule has 0 bridgehead atoms. The smallest absolute Gasteiger partial charge is 0.261 e. The third-order valence-electron chi connectivity index (χ3n) is 1.94. The van der Waals surface area contributed by atoms with Crippen molar-refractivity contribution in [3.63, 3.8) is 0 Å². The fraction of sp³-hybridized carbons (Fsp3) is 0.250. The van der Waals surface area contributed by atoms with E-state index < -0.39 is 21.9 Å². The van der Waals surface area contributed by atoms with Crippen LogP contribution in [0.25, 0.3) is 0 Å². The van der Waals surface area contributed by atoms with E-state index in [9.17, 15) is 21.6 Å². The summed E-state index contributed by atoms with van der Waals surface area (Å²) in [6.45, 7) is 0. The van der Waals surface area contributed by atoms with Crippen LogP contribution >= 0.6 is 0 Å². The van der Waals surface area contributed by atoms with Crippen LogP contribution in [0.4, 0.5) is 18.9 Å². The van der Waals surface area contributed by atoms with Crippen molar-refractivity contribution in [2.24, 2.45) is 5.14 Å². The number of benzene rings is 1. The number of rotatable bonds is 2. The van der Waals surface area contributed by atoms with Gasteiger partial charge < -0.3 is 0 Å². The van der Waals surface area contributed by atoms with E-state index in [1.165, 1.54) is 0 Å². The molecule has 16 heavy (non-hydrogen) atoms. The first-order valence-electron chi connectivity index (χ1n) is 4.06. The van der Waals surface area contributed by atoms with Gasteiger partial charge in [0, 0.05) is 7.05 Å². The maximum Gasteiger partial charge on any atom is 0.416 e. The molecule has 0 unspecified atom stereocenters. The minimum Gasteiger partial charge on any atom is -0.261 e.